The first-order valence-corrected chi connectivity index (χ1v) is 5.63. The van der Waals surface area contributed by atoms with Crippen LogP contribution in [0, 0.1) is 6.92 Å². The normalized spacial score (nSPS) is 11.3. The molecule has 19 heavy (non-hydrogen) atoms. The highest BCUT2D eigenvalue weighted by molar-refractivity contribution is 5.84. The molecule has 3 rings (SSSR count). The van der Waals surface area contributed by atoms with Gasteiger partial charge in [0.1, 0.15) is 0 Å². The Labute approximate surface area is 106 Å². The smallest absolute Gasteiger partial charge is 0.327 e. The number of benzene rings is 1. The summed E-state index contributed by atoms with van der Waals surface area (Å²) in [4.78, 5) is 35.8. The molecule has 1 aromatic carbocycles. The van der Waals surface area contributed by atoms with Crippen LogP contribution in [0.2, 0.25) is 0 Å². The van der Waals surface area contributed by atoms with E-state index in [-0.39, 0.29) is 17.8 Å². The zero-order chi connectivity index (χ0) is 13.6. The van der Waals surface area contributed by atoms with Crippen LogP contribution in [0.1, 0.15) is 11.1 Å². The number of hydrogen-bond acceptors (Lipinski definition) is 5. The van der Waals surface area contributed by atoms with Gasteiger partial charge in [-0.2, -0.15) is 0 Å². The quantitative estimate of drug-likeness (QED) is 0.530. The Morgan fingerprint density at radius 1 is 1.16 bits per heavy atom. The lowest BCUT2D eigenvalue weighted by Crippen LogP contribution is -2.23. The molecule has 0 saturated heterocycles. The topological polar surface area (TPSA) is 112 Å². The van der Waals surface area contributed by atoms with Gasteiger partial charge >= 0.3 is 5.69 Å². The second-order valence-electron chi connectivity index (χ2n) is 4.25. The molecule has 0 radical (unpaired) electrons. The van der Waals surface area contributed by atoms with E-state index in [1.807, 2.05) is 6.92 Å². The molecule has 2 aromatic heterocycles. The van der Waals surface area contributed by atoms with E-state index >= 15 is 0 Å². The van der Waals surface area contributed by atoms with Crippen molar-refractivity contribution in [1.29, 1.82) is 0 Å². The van der Waals surface area contributed by atoms with E-state index in [1.54, 1.807) is 12.1 Å². The van der Waals surface area contributed by atoms with Gasteiger partial charge in [0.25, 0.3) is 5.56 Å². The van der Waals surface area contributed by atoms with E-state index in [2.05, 4.69) is 19.9 Å². The summed E-state index contributed by atoms with van der Waals surface area (Å²) in [7, 11) is 0. The number of aliphatic hydroxyl groups is 1. The molecule has 2 heterocycles. The lowest BCUT2D eigenvalue weighted by molar-refractivity contribution is 0.281. The molecule has 0 aliphatic rings. The minimum atomic E-state index is -0.616. The molecule has 7 nitrogen and oxygen atoms in total. The number of nitrogens with zero attached hydrogens (tertiary/aromatic N) is 2. The maximum absolute atomic E-state index is 11.6. The van der Waals surface area contributed by atoms with Crippen LogP contribution in [0.15, 0.2) is 21.7 Å². The molecule has 0 amide bonds. The van der Waals surface area contributed by atoms with Gasteiger partial charge in [0, 0.05) is 0 Å². The Balaban J connectivity index is 2.48. The fourth-order valence-electron chi connectivity index (χ4n) is 1.97. The number of aromatic amines is 2. The number of H-pyrrole nitrogens is 2. The van der Waals surface area contributed by atoms with Gasteiger partial charge in [0.05, 0.1) is 17.6 Å². The largest absolute Gasteiger partial charge is 0.392 e. The standard InChI is InChI=1S/C12H10N4O3/c1-5-2-7-8(3-6(5)4-17)13-9-10(14-7)15-12(19)16-11(9)18/h2-3,17H,4H2,1H3,(H2,14,15,16,18,19). The fourth-order valence-corrected chi connectivity index (χ4v) is 1.97. The van der Waals surface area contributed by atoms with E-state index < -0.39 is 11.2 Å². The Hall–Kier alpha value is -2.54. The van der Waals surface area contributed by atoms with Crippen molar-refractivity contribution in [2.75, 3.05) is 0 Å². The highest BCUT2D eigenvalue weighted by Gasteiger charge is 2.08. The van der Waals surface area contributed by atoms with Crippen LogP contribution < -0.4 is 11.2 Å². The van der Waals surface area contributed by atoms with Gasteiger partial charge < -0.3 is 5.11 Å². The average molecular weight is 258 g/mol. The Bertz CT molecular complexity index is 910. The van der Waals surface area contributed by atoms with Crippen molar-refractivity contribution in [1.82, 2.24) is 19.9 Å². The molecule has 7 heteroatoms. The third-order valence-corrected chi connectivity index (χ3v) is 2.97. The number of aromatic nitrogens is 4. The van der Waals surface area contributed by atoms with Crippen molar-refractivity contribution in [2.45, 2.75) is 13.5 Å². The van der Waals surface area contributed by atoms with Crippen molar-refractivity contribution >= 4 is 22.2 Å². The number of fused-ring (bicyclic) bond motifs is 2. The maximum atomic E-state index is 11.6. The summed E-state index contributed by atoms with van der Waals surface area (Å²) >= 11 is 0. The highest BCUT2D eigenvalue weighted by Crippen LogP contribution is 2.17. The second-order valence-corrected chi connectivity index (χ2v) is 4.25. The molecule has 0 aliphatic heterocycles. The van der Waals surface area contributed by atoms with E-state index in [0.717, 1.165) is 11.1 Å². The molecule has 0 spiro atoms. The third-order valence-electron chi connectivity index (χ3n) is 2.97. The summed E-state index contributed by atoms with van der Waals surface area (Å²) in [5.74, 6) is 0. The van der Waals surface area contributed by atoms with Crippen LogP contribution >= 0.6 is 0 Å². The van der Waals surface area contributed by atoms with E-state index in [1.165, 1.54) is 0 Å². The lowest BCUT2D eigenvalue weighted by atomic mass is 10.1. The number of nitrogens with one attached hydrogen (secondary N) is 2. The van der Waals surface area contributed by atoms with Crippen LogP contribution in [0.5, 0.6) is 0 Å². The minimum Gasteiger partial charge on any atom is -0.392 e. The minimum absolute atomic E-state index is 0.0693. The van der Waals surface area contributed by atoms with Gasteiger partial charge in [-0.3, -0.25) is 14.8 Å². The van der Waals surface area contributed by atoms with Gasteiger partial charge in [0.15, 0.2) is 11.2 Å². The highest BCUT2D eigenvalue weighted by atomic mass is 16.3. The molecule has 3 N–H and O–H groups in total. The Morgan fingerprint density at radius 3 is 2.63 bits per heavy atom. The van der Waals surface area contributed by atoms with Crippen LogP contribution in [0.4, 0.5) is 0 Å². The Morgan fingerprint density at radius 2 is 1.89 bits per heavy atom. The maximum Gasteiger partial charge on any atom is 0.327 e. The summed E-state index contributed by atoms with van der Waals surface area (Å²) in [6.07, 6.45) is 0. The van der Waals surface area contributed by atoms with Crippen molar-refractivity contribution in [3.8, 4) is 0 Å². The van der Waals surface area contributed by atoms with Gasteiger partial charge in [-0.05, 0) is 30.2 Å². The number of rotatable bonds is 1. The van der Waals surface area contributed by atoms with Crippen molar-refractivity contribution in [3.05, 3.63) is 44.1 Å². The summed E-state index contributed by atoms with van der Waals surface area (Å²) in [6.45, 7) is 1.74. The fraction of sp³-hybridized carbons (Fsp3) is 0.167. The van der Waals surface area contributed by atoms with Crippen LogP contribution in [-0.2, 0) is 6.61 Å². The molecular formula is C12H10N4O3. The molecule has 0 fully saturated rings. The molecule has 0 aliphatic carbocycles. The SMILES string of the molecule is Cc1cc2nc3[nH]c(=O)[nH]c(=O)c3nc2cc1CO. The first-order valence-electron chi connectivity index (χ1n) is 5.63. The van der Waals surface area contributed by atoms with E-state index in [0.29, 0.717) is 11.0 Å². The monoisotopic (exact) mass is 258 g/mol. The van der Waals surface area contributed by atoms with Crippen LogP contribution in [0.3, 0.4) is 0 Å². The van der Waals surface area contributed by atoms with Crippen LogP contribution in [0.25, 0.3) is 22.2 Å². The number of aliphatic hydroxyl groups excluding tert-OH is 1. The molecule has 96 valence electrons. The van der Waals surface area contributed by atoms with Crippen molar-refractivity contribution in [3.63, 3.8) is 0 Å². The molecule has 0 atom stereocenters. The third kappa shape index (κ3) is 1.80. The van der Waals surface area contributed by atoms with E-state index in [9.17, 15) is 14.7 Å². The van der Waals surface area contributed by atoms with Crippen molar-refractivity contribution < 1.29 is 5.11 Å². The zero-order valence-electron chi connectivity index (χ0n) is 10.0. The molecule has 3 aromatic rings. The van der Waals surface area contributed by atoms with Gasteiger partial charge in [0.2, 0.25) is 0 Å². The predicted molar refractivity (Wildman–Crippen MR) is 68.9 cm³/mol. The predicted octanol–water partition coefficient (Wildman–Crippen LogP) is -0.0397. The van der Waals surface area contributed by atoms with Gasteiger partial charge in [-0.25, -0.2) is 14.8 Å². The van der Waals surface area contributed by atoms with Crippen molar-refractivity contribution in [2.24, 2.45) is 0 Å². The first-order chi connectivity index (χ1) is 9.08. The van der Waals surface area contributed by atoms with E-state index in [4.69, 9.17) is 0 Å². The molecule has 0 saturated carbocycles. The summed E-state index contributed by atoms with van der Waals surface area (Å²) in [5.41, 5.74) is 1.67. The number of hydrogen-bond donors (Lipinski definition) is 3. The zero-order valence-corrected chi connectivity index (χ0v) is 10.0. The summed E-state index contributed by atoms with van der Waals surface area (Å²) in [5, 5.41) is 9.22. The summed E-state index contributed by atoms with van der Waals surface area (Å²) < 4.78 is 0. The first kappa shape index (κ1) is 11.5. The van der Waals surface area contributed by atoms with Gasteiger partial charge in [-0.1, -0.05) is 0 Å². The van der Waals surface area contributed by atoms with Gasteiger partial charge in [-0.15, -0.1) is 0 Å². The lowest BCUT2D eigenvalue weighted by Gasteiger charge is -2.05. The molecular weight excluding hydrogens is 248 g/mol. The second kappa shape index (κ2) is 3.99. The summed E-state index contributed by atoms with van der Waals surface area (Å²) in [6, 6.07) is 3.44. The average Bonchev–Trinajstić information content (AvgIpc) is 2.36. The Kier molecular flexibility index (Phi) is 2.42. The molecule has 0 bridgehead atoms. The molecule has 0 unspecified atom stereocenters. The van der Waals surface area contributed by atoms with Crippen LogP contribution in [-0.4, -0.2) is 25.0 Å². The number of aryl methyl sites for hydroxylation is 1.